The summed E-state index contributed by atoms with van der Waals surface area (Å²) in [7, 11) is 1.95. The highest BCUT2D eigenvalue weighted by atomic mass is 19.1. The predicted octanol–water partition coefficient (Wildman–Crippen LogP) is 6.26. The Morgan fingerprint density at radius 1 is 0.825 bits per heavy atom. The van der Waals surface area contributed by atoms with Crippen molar-refractivity contribution in [2.24, 2.45) is 0 Å². The zero-order valence-corrected chi connectivity index (χ0v) is 24.4. The summed E-state index contributed by atoms with van der Waals surface area (Å²) >= 11 is 0. The second-order valence-corrected chi connectivity index (χ2v) is 10.5. The highest BCUT2D eigenvalue weighted by Gasteiger charge is 2.23. The lowest BCUT2D eigenvalue weighted by Crippen LogP contribution is -2.34. The lowest BCUT2D eigenvalue weighted by molar-refractivity contribution is -0.119. The summed E-state index contributed by atoms with van der Waals surface area (Å²) < 4.78 is 13.4. The third-order valence-electron chi connectivity index (χ3n) is 8.13. The van der Waals surface area contributed by atoms with E-state index in [0.29, 0.717) is 18.8 Å². The first-order valence-corrected chi connectivity index (χ1v) is 15.0. The molecule has 0 radical (unpaired) electrons. The second kappa shape index (κ2) is 14.8. The Kier molecular flexibility index (Phi) is 11.0. The molecule has 0 aliphatic carbocycles. The van der Waals surface area contributed by atoms with E-state index < -0.39 is 6.17 Å². The summed E-state index contributed by atoms with van der Waals surface area (Å²) in [5, 5.41) is 4.22. The number of hydrogen-bond acceptors (Lipinski definition) is 6. The standard InChI is InChI=1S/C19H23FN4O.C11H16N2.C2H6/c20-15-5-9-24(10-6-15)16-1-2-17-18(11-16)21-12-22-19(17)14-3-7-23(13-25)8-4-14;1-12-10-4-6-11(7-5-10)13-8-2-3-9-13;1-2/h1-2,11-15H,3-10H2;4-7,12H,2-3,8-9H2,1H3;1-2H3. The molecule has 3 fully saturated rings. The van der Waals surface area contributed by atoms with Gasteiger partial charge in [-0.25, -0.2) is 14.4 Å². The predicted molar refractivity (Wildman–Crippen MR) is 164 cm³/mol. The third-order valence-corrected chi connectivity index (χ3v) is 8.13. The largest absolute Gasteiger partial charge is 0.388 e. The summed E-state index contributed by atoms with van der Waals surface area (Å²) in [6.07, 6.45) is 7.67. The summed E-state index contributed by atoms with van der Waals surface area (Å²) in [6.45, 7) is 9.53. The van der Waals surface area contributed by atoms with Gasteiger partial charge in [0.05, 0.1) is 11.2 Å². The van der Waals surface area contributed by atoms with Gasteiger partial charge < -0.3 is 20.0 Å². The van der Waals surface area contributed by atoms with Crippen LogP contribution >= 0.6 is 0 Å². The minimum Gasteiger partial charge on any atom is -0.388 e. The topological polar surface area (TPSA) is 64.6 Å². The maximum Gasteiger partial charge on any atom is 0.209 e. The van der Waals surface area contributed by atoms with Gasteiger partial charge in [-0.3, -0.25) is 4.79 Å². The fourth-order valence-corrected chi connectivity index (χ4v) is 5.79. The molecule has 1 aromatic heterocycles. The Morgan fingerprint density at radius 3 is 2.08 bits per heavy atom. The van der Waals surface area contributed by atoms with Crippen molar-refractivity contribution in [1.82, 2.24) is 14.9 Å². The van der Waals surface area contributed by atoms with Crippen molar-refractivity contribution in [1.29, 1.82) is 0 Å². The number of carbonyl (C=O) groups excluding carboxylic acids is 1. The van der Waals surface area contributed by atoms with Crippen LogP contribution in [0.5, 0.6) is 0 Å². The number of alkyl halides is 1. The van der Waals surface area contributed by atoms with Crippen LogP contribution in [0.2, 0.25) is 0 Å². The molecule has 216 valence electrons. The van der Waals surface area contributed by atoms with Crippen LogP contribution in [0.4, 0.5) is 21.5 Å². The number of carbonyl (C=O) groups is 1. The average molecular weight is 549 g/mol. The van der Waals surface area contributed by atoms with Gasteiger partial charge in [0.1, 0.15) is 12.5 Å². The molecule has 0 unspecified atom stereocenters. The Morgan fingerprint density at radius 2 is 1.45 bits per heavy atom. The first-order valence-electron chi connectivity index (χ1n) is 15.0. The van der Waals surface area contributed by atoms with Gasteiger partial charge in [0.25, 0.3) is 0 Å². The fourth-order valence-electron chi connectivity index (χ4n) is 5.79. The van der Waals surface area contributed by atoms with E-state index in [0.717, 1.165) is 67.7 Å². The molecule has 40 heavy (non-hydrogen) atoms. The number of nitrogens with zero attached hydrogens (tertiary/aromatic N) is 5. The highest BCUT2D eigenvalue weighted by molar-refractivity contribution is 5.84. The molecule has 0 saturated carbocycles. The molecule has 4 heterocycles. The molecular weight excluding hydrogens is 503 g/mol. The smallest absolute Gasteiger partial charge is 0.209 e. The molecule has 3 saturated heterocycles. The number of halogens is 1. The number of amides is 1. The van der Waals surface area contributed by atoms with Crippen molar-refractivity contribution in [2.75, 3.05) is 61.4 Å². The maximum atomic E-state index is 13.4. The first kappa shape index (κ1) is 29.6. The number of likely N-dealkylation sites (tertiary alicyclic amines) is 1. The van der Waals surface area contributed by atoms with Crippen molar-refractivity contribution in [2.45, 2.75) is 64.5 Å². The van der Waals surface area contributed by atoms with Gasteiger partial charge in [0.15, 0.2) is 0 Å². The highest BCUT2D eigenvalue weighted by Crippen LogP contribution is 2.32. The molecule has 3 aliphatic heterocycles. The molecule has 0 spiro atoms. The van der Waals surface area contributed by atoms with Crippen LogP contribution in [0.15, 0.2) is 48.8 Å². The molecule has 3 aromatic rings. The molecule has 2 aromatic carbocycles. The summed E-state index contributed by atoms with van der Waals surface area (Å²) in [5.74, 6) is 0.370. The molecule has 6 rings (SSSR count). The quantitative estimate of drug-likeness (QED) is 0.380. The van der Waals surface area contributed by atoms with Crippen molar-refractivity contribution < 1.29 is 9.18 Å². The van der Waals surface area contributed by atoms with Gasteiger partial charge >= 0.3 is 0 Å². The van der Waals surface area contributed by atoms with Crippen LogP contribution < -0.4 is 15.1 Å². The molecule has 1 amide bonds. The lowest BCUT2D eigenvalue weighted by atomic mass is 9.91. The minimum atomic E-state index is -0.664. The second-order valence-electron chi connectivity index (χ2n) is 10.5. The number of fused-ring (bicyclic) bond motifs is 1. The third kappa shape index (κ3) is 7.40. The van der Waals surface area contributed by atoms with E-state index in [-0.39, 0.29) is 0 Å². The summed E-state index contributed by atoms with van der Waals surface area (Å²) in [6, 6.07) is 15.0. The van der Waals surface area contributed by atoms with E-state index in [9.17, 15) is 9.18 Å². The number of nitrogens with one attached hydrogen (secondary N) is 1. The normalized spacial score (nSPS) is 18.1. The van der Waals surface area contributed by atoms with E-state index in [1.807, 2.05) is 25.8 Å². The lowest BCUT2D eigenvalue weighted by Gasteiger charge is -2.31. The van der Waals surface area contributed by atoms with Gasteiger partial charge in [0, 0.05) is 74.7 Å². The number of benzene rings is 2. The van der Waals surface area contributed by atoms with E-state index in [1.54, 1.807) is 6.33 Å². The Hall–Kier alpha value is -3.42. The van der Waals surface area contributed by atoms with Crippen molar-refractivity contribution in [3.8, 4) is 0 Å². The molecule has 1 N–H and O–H groups in total. The molecule has 3 aliphatic rings. The SMILES string of the molecule is CC.CNc1ccc(N2CCCC2)cc1.O=CN1CCC(c2ncnc3cc(N4CCC(F)CC4)ccc23)CC1. The first-order chi connectivity index (χ1) is 19.6. The van der Waals surface area contributed by atoms with Crippen LogP contribution in [-0.4, -0.2) is 73.8 Å². The van der Waals surface area contributed by atoms with Crippen molar-refractivity contribution in [3.63, 3.8) is 0 Å². The number of piperidine rings is 2. The van der Waals surface area contributed by atoms with Gasteiger partial charge in [-0.05, 0) is 81.0 Å². The van der Waals surface area contributed by atoms with E-state index in [4.69, 9.17) is 0 Å². The van der Waals surface area contributed by atoms with Crippen LogP contribution in [0, 0.1) is 0 Å². The zero-order valence-electron chi connectivity index (χ0n) is 24.4. The van der Waals surface area contributed by atoms with Crippen molar-refractivity contribution in [3.05, 3.63) is 54.5 Å². The van der Waals surface area contributed by atoms with E-state index in [1.165, 1.54) is 37.3 Å². The van der Waals surface area contributed by atoms with Gasteiger partial charge in [-0.2, -0.15) is 0 Å². The summed E-state index contributed by atoms with van der Waals surface area (Å²) in [5.41, 5.74) is 5.69. The Bertz CT molecular complexity index is 1180. The monoisotopic (exact) mass is 548 g/mol. The number of hydrogen-bond donors (Lipinski definition) is 1. The minimum absolute atomic E-state index is 0.370. The van der Waals surface area contributed by atoms with E-state index >= 15 is 0 Å². The molecule has 8 heteroatoms. The summed E-state index contributed by atoms with van der Waals surface area (Å²) in [4.78, 5) is 26.4. The van der Waals surface area contributed by atoms with Crippen molar-refractivity contribution >= 4 is 34.4 Å². The molecule has 0 bridgehead atoms. The van der Waals surface area contributed by atoms with Crippen LogP contribution in [0.3, 0.4) is 0 Å². The van der Waals surface area contributed by atoms with Gasteiger partial charge in [-0.1, -0.05) is 13.8 Å². The Balaban J connectivity index is 0.000000207. The van der Waals surface area contributed by atoms with Gasteiger partial charge in [0.2, 0.25) is 6.41 Å². The molecule has 0 atom stereocenters. The Labute approximate surface area is 238 Å². The average Bonchev–Trinajstić information content (AvgIpc) is 3.58. The number of rotatable bonds is 5. The van der Waals surface area contributed by atoms with Crippen LogP contribution in [0.1, 0.15) is 64.0 Å². The molecular formula is C32H45FN6O. The van der Waals surface area contributed by atoms with E-state index in [2.05, 4.69) is 67.5 Å². The van der Waals surface area contributed by atoms with Gasteiger partial charge in [-0.15, -0.1) is 0 Å². The molecule has 7 nitrogen and oxygen atoms in total. The number of aromatic nitrogens is 2. The fraction of sp³-hybridized carbons (Fsp3) is 0.531. The van der Waals surface area contributed by atoms with Crippen LogP contribution in [0.25, 0.3) is 10.9 Å². The zero-order chi connectivity index (χ0) is 28.3. The number of anilines is 3. The van der Waals surface area contributed by atoms with Crippen LogP contribution in [-0.2, 0) is 4.79 Å². The maximum absolute atomic E-state index is 13.4.